The van der Waals surface area contributed by atoms with Crippen LogP contribution < -0.4 is 10.6 Å². The minimum atomic E-state index is 0.406. The van der Waals surface area contributed by atoms with E-state index in [2.05, 4.69) is 48.3 Å². The fourth-order valence-corrected chi connectivity index (χ4v) is 1.31. The summed E-state index contributed by atoms with van der Waals surface area (Å²) in [5.41, 5.74) is 0. The first-order valence-electron chi connectivity index (χ1n) is 5.89. The van der Waals surface area contributed by atoms with Gasteiger partial charge in [0.15, 0.2) is 0 Å². The average molecular weight is 222 g/mol. The lowest BCUT2D eigenvalue weighted by Gasteiger charge is -2.18. The molecule has 0 saturated carbocycles. The van der Waals surface area contributed by atoms with Crippen molar-refractivity contribution < 1.29 is 0 Å². The maximum atomic E-state index is 4.38. The molecule has 1 atom stereocenters. The fraction of sp³-hybridized carbons (Fsp3) is 0.667. The molecule has 0 aliphatic carbocycles. The van der Waals surface area contributed by atoms with Gasteiger partial charge in [0.25, 0.3) is 0 Å². The molecule has 0 saturated heterocycles. The third kappa shape index (κ3) is 3.68. The Balaban J connectivity index is 2.79. The molecule has 1 aromatic heterocycles. The van der Waals surface area contributed by atoms with Gasteiger partial charge in [-0.15, -0.1) is 0 Å². The molecule has 4 nitrogen and oxygen atoms in total. The van der Waals surface area contributed by atoms with Gasteiger partial charge in [0.05, 0.1) is 0 Å². The monoisotopic (exact) mass is 222 g/mol. The van der Waals surface area contributed by atoms with Gasteiger partial charge >= 0.3 is 0 Å². The SMILES string of the molecule is CCNc1cc(NC(C)C(C)C)nc(C)n1. The van der Waals surface area contributed by atoms with Crippen LogP contribution in [0.3, 0.4) is 0 Å². The maximum Gasteiger partial charge on any atom is 0.132 e. The van der Waals surface area contributed by atoms with Crippen molar-refractivity contribution >= 4 is 11.6 Å². The highest BCUT2D eigenvalue weighted by molar-refractivity contribution is 5.47. The molecule has 0 spiro atoms. The molecule has 1 unspecified atom stereocenters. The zero-order valence-corrected chi connectivity index (χ0v) is 10.8. The van der Waals surface area contributed by atoms with Gasteiger partial charge in [0, 0.05) is 18.7 Å². The molecule has 0 aliphatic heterocycles. The predicted molar refractivity (Wildman–Crippen MR) is 68.9 cm³/mol. The van der Waals surface area contributed by atoms with E-state index in [4.69, 9.17) is 0 Å². The number of aromatic nitrogens is 2. The van der Waals surface area contributed by atoms with Gasteiger partial charge in [0.2, 0.25) is 0 Å². The highest BCUT2D eigenvalue weighted by Gasteiger charge is 2.08. The number of hydrogen-bond acceptors (Lipinski definition) is 4. The van der Waals surface area contributed by atoms with Crippen molar-refractivity contribution in [3.8, 4) is 0 Å². The Morgan fingerprint density at radius 1 is 1.19 bits per heavy atom. The van der Waals surface area contributed by atoms with Crippen molar-refractivity contribution in [2.45, 2.75) is 40.7 Å². The van der Waals surface area contributed by atoms with Crippen molar-refractivity contribution in [3.63, 3.8) is 0 Å². The summed E-state index contributed by atoms with van der Waals surface area (Å²) in [6.07, 6.45) is 0. The number of nitrogens with zero attached hydrogens (tertiary/aromatic N) is 2. The van der Waals surface area contributed by atoms with Crippen molar-refractivity contribution in [2.75, 3.05) is 17.2 Å². The molecule has 0 aromatic carbocycles. The second-order valence-corrected chi connectivity index (χ2v) is 4.39. The standard InChI is InChI=1S/C12H22N4/c1-6-13-11-7-12(16-10(5)15-11)14-9(4)8(2)3/h7-9H,6H2,1-5H3,(H2,13,14,15,16). The number of anilines is 2. The van der Waals surface area contributed by atoms with Crippen LogP contribution in [0.25, 0.3) is 0 Å². The van der Waals surface area contributed by atoms with E-state index in [1.54, 1.807) is 0 Å². The number of rotatable bonds is 5. The summed E-state index contributed by atoms with van der Waals surface area (Å²) in [5.74, 6) is 3.15. The van der Waals surface area contributed by atoms with Crippen molar-refractivity contribution in [3.05, 3.63) is 11.9 Å². The van der Waals surface area contributed by atoms with Gasteiger partial charge in [-0.1, -0.05) is 13.8 Å². The van der Waals surface area contributed by atoms with Gasteiger partial charge in [-0.2, -0.15) is 0 Å². The van der Waals surface area contributed by atoms with E-state index in [1.165, 1.54) is 0 Å². The molecule has 0 radical (unpaired) electrons. The molecule has 2 N–H and O–H groups in total. The van der Waals surface area contributed by atoms with Crippen LogP contribution in [-0.2, 0) is 0 Å². The lowest BCUT2D eigenvalue weighted by Crippen LogP contribution is -2.22. The molecule has 1 aromatic rings. The maximum absolute atomic E-state index is 4.38. The summed E-state index contributed by atoms with van der Waals surface area (Å²) in [6, 6.07) is 2.36. The van der Waals surface area contributed by atoms with Gasteiger partial charge in [-0.3, -0.25) is 0 Å². The number of aryl methyl sites for hydroxylation is 1. The first kappa shape index (κ1) is 12.7. The van der Waals surface area contributed by atoms with E-state index in [1.807, 2.05) is 13.0 Å². The fourth-order valence-electron chi connectivity index (χ4n) is 1.31. The molecular weight excluding hydrogens is 200 g/mol. The van der Waals surface area contributed by atoms with E-state index in [-0.39, 0.29) is 0 Å². The normalized spacial score (nSPS) is 12.6. The summed E-state index contributed by atoms with van der Waals surface area (Å²) >= 11 is 0. The Morgan fingerprint density at radius 2 is 1.81 bits per heavy atom. The smallest absolute Gasteiger partial charge is 0.132 e. The molecule has 0 bridgehead atoms. The van der Waals surface area contributed by atoms with Crippen LogP contribution in [0.2, 0.25) is 0 Å². The van der Waals surface area contributed by atoms with Crippen LogP contribution >= 0.6 is 0 Å². The summed E-state index contributed by atoms with van der Waals surface area (Å²) in [5, 5.41) is 6.59. The Labute approximate surface area is 97.9 Å². The largest absolute Gasteiger partial charge is 0.370 e. The summed E-state index contributed by atoms with van der Waals surface area (Å²) in [7, 11) is 0. The molecule has 4 heteroatoms. The number of nitrogens with one attached hydrogen (secondary N) is 2. The van der Waals surface area contributed by atoms with E-state index in [0.29, 0.717) is 12.0 Å². The lowest BCUT2D eigenvalue weighted by molar-refractivity contribution is 0.558. The van der Waals surface area contributed by atoms with Crippen LogP contribution in [0, 0.1) is 12.8 Å². The van der Waals surface area contributed by atoms with Crippen LogP contribution in [-0.4, -0.2) is 22.6 Å². The Hall–Kier alpha value is -1.32. The second-order valence-electron chi connectivity index (χ2n) is 4.39. The summed E-state index contributed by atoms with van der Waals surface area (Å²) in [4.78, 5) is 8.69. The third-order valence-electron chi connectivity index (χ3n) is 2.57. The molecule has 1 rings (SSSR count). The minimum absolute atomic E-state index is 0.406. The van der Waals surface area contributed by atoms with Crippen molar-refractivity contribution in [1.29, 1.82) is 0 Å². The highest BCUT2D eigenvalue weighted by Crippen LogP contribution is 2.14. The average Bonchev–Trinajstić information content (AvgIpc) is 2.16. The zero-order valence-electron chi connectivity index (χ0n) is 10.8. The molecule has 0 aliphatic rings. The molecule has 0 fully saturated rings. The summed E-state index contributed by atoms with van der Waals surface area (Å²) < 4.78 is 0. The van der Waals surface area contributed by atoms with Gasteiger partial charge in [-0.25, -0.2) is 9.97 Å². The number of hydrogen-bond donors (Lipinski definition) is 2. The van der Waals surface area contributed by atoms with Gasteiger partial charge in [0.1, 0.15) is 17.5 Å². The molecule has 1 heterocycles. The van der Waals surface area contributed by atoms with Crippen LogP contribution in [0.1, 0.15) is 33.5 Å². The van der Waals surface area contributed by atoms with Crippen molar-refractivity contribution in [1.82, 2.24) is 9.97 Å². The topological polar surface area (TPSA) is 49.8 Å². The Bertz CT molecular complexity index is 336. The van der Waals surface area contributed by atoms with Crippen molar-refractivity contribution in [2.24, 2.45) is 5.92 Å². The minimum Gasteiger partial charge on any atom is -0.370 e. The lowest BCUT2D eigenvalue weighted by atomic mass is 10.1. The highest BCUT2D eigenvalue weighted by atomic mass is 15.1. The molecular formula is C12H22N4. The third-order valence-corrected chi connectivity index (χ3v) is 2.57. The Morgan fingerprint density at radius 3 is 2.38 bits per heavy atom. The van der Waals surface area contributed by atoms with Crippen LogP contribution in [0.5, 0.6) is 0 Å². The van der Waals surface area contributed by atoms with Crippen LogP contribution in [0.15, 0.2) is 6.07 Å². The molecule has 0 amide bonds. The summed E-state index contributed by atoms with van der Waals surface area (Å²) in [6.45, 7) is 11.4. The van der Waals surface area contributed by atoms with Gasteiger partial charge in [-0.05, 0) is 26.7 Å². The first-order valence-corrected chi connectivity index (χ1v) is 5.89. The first-order chi connectivity index (χ1) is 7.52. The zero-order chi connectivity index (χ0) is 12.1. The molecule has 90 valence electrons. The van der Waals surface area contributed by atoms with E-state index < -0.39 is 0 Å². The molecule has 16 heavy (non-hydrogen) atoms. The quantitative estimate of drug-likeness (QED) is 0.804. The van der Waals surface area contributed by atoms with Crippen LogP contribution in [0.4, 0.5) is 11.6 Å². The predicted octanol–water partition coefficient (Wildman–Crippen LogP) is 2.67. The van der Waals surface area contributed by atoms with E-state index >= 15 is 0 Å². The van der Waals surface area contributed by atoms with E-state index in [9.17, 15) is 0 Å². The second kappa shape index (κ2) is 5.68. The Kier molecular flexibility index (Phi) is 4.52. The van der Waals surface area contributed by atoms with Gasteiger partial charge < -0.3 is 10.6 Å². The van der Waals surface area contributed by atoms with E-state index in [0.717, 1.165) is 24.0 Å².